The lowest BCUT2D eigenvalue weighted by Crippen LogP contribution is -2.45. The molecule has 110 valence electrons. The van der Waals surface area contributed by atoms with Gasteiger partial charge in [-0.05, 0) is 43.9 Å². The van der Waals surface area contributed by atoms with Crippen LogP contribution in [0, 0.1) is 5.92 Å². The van der Waals surface area contributed by atoms with Crippen LogP contribution in [0.2, 0.25) is 0 Å². The molecule has 0 bridgehead atoms. The fourth-order valence-electron chi connectivity index (χ4n) is 2.43. The van der Waals surface area contributed by atoms with Gasteiger partial charge in [-0.15, -0.1) is 0 Å². The predicted molar refractivity (Wildman–Crippen MR) is 81.0 cm³/mol. The molecule has 1 aromatic rings. The van der Waals surface area contributed by atoms with Crippen molar-refractivity contribution in [1.82, 2.24) is 5.32 Å². The smallest absolute Gasteiger partial charge is 0.241 e. The van der Waals surface area contributed by atoms with Gasteiger partial charge < -0.3 is 15.4 Å². The zero-order valence-electron chi connectivity index (χ0n) is 12.3. The highest BCUT2D eigenvalue weighted by Crippen LogP contribution is 2.25. The van der Waals surface area contributed by atoms with Crippen molar-refractivity contribution >= 4 is 11.6 Å². The average Bonchev–Trinajstić information content (AvgIpc) is 2.46. The second-order valence-corrected chi connectivity index (χ2v) is 5.47. The van der Waals surface area contributed by atoms with Gasteiger partial charge in [0.2, 0.25) is 5.91 Å². The summed E-state index contributed by atoms with van der Waals surface area (Å²) >= 11 is 0. The summed E-state index contributed by atoms with van der Waals surface area (Å²) in [6, 6.07) is 7.50. The van der Waals surface area contributed by atoms with Crippen LogP contribution in [0.25, 0.3) is 0 Å². The first-order chi connectivity index (χ1) is 9.70. The lowest BCUT2D eigenvalue weighted by atomic mass is 9.94. The van der Waals surface area contributed by atoms with Crippen LogP contribution in [0.3, 0.4) is 0 Å². The SMILES string of the molecule is CCCOc1ccccc1NC(=O)C1CC(C)CCN1. The molecule has 0 spiro atoms. The molecule has 4 nitrogen and oxygen atoms in total. The van der Waals surface area contributed by atoms with Crippen molar-refractivity contribution in [1.29, 1.82) is 0 Å². The molecule has 20 heavy (non-hydrogen) atoms. The summed E-state index contributed by atoms with van der Waals surface area (Å²) in [5.74, 6) is 1.37. The minimum absolute atomic E-state index is 0.0316. The van der Waals surface area contributed by atoms with E-state index in [-0.39, 0.29) is 11.9 Å². The third-order valence-electron chi connectivity index (χ3n) is 3.59. The second-order valence-electron chi connectivity index (χ2n) is 5.47. The Morgan fingerprint density at radius 2 is 2.25 bits per heavy atom. The predicted octanol–water partition coefficient (Wildman–Crippen LogP) is 2.80. The van der Waals surface area contributed by atoms with Gasteiger partial charge in [-0.1, -0.05) is 26.0 Å². The standard InChI is InChI=1S/C16H24N2O2/c1-3-10-20-15-7-5-4-6-13(15)18-16(19)14-11-12(2)8-9-17-14/h4-7,12,14,17H,3,8-11H2,1-2H3,(H,18,19). The van der Waals surface area contributed by atoms with Crippen LogP contribution in [-0.4, -0.2) is 25.1 Å². The fourth-order valence-corrected chi connectivity index (χ4v) is 2.43. The Morgan fingerprint density at radius 3 is 3.00 bits per heavy atom. The Kier molecular flexibility index (Phi) is 5.41. The molecule has 1 fully saturated rings. The van der Waals surface area contributed by atoms with Gasteiger partial charge in [0.1, 0.15) is 5.75 Å². The van der Waals surface area contributed by atoms with Gasteiger partial charge in [-0.3, -0.25) is 4.79 Å². The van der Waals surface area contributed by atoms with Crippen LogP contribution < -0.4 is 15.4 Å². The maximum Gasteiger partial charge on any atom is 0.241 e. The normalized spacial score (nSPS) is 22.3. The number of para-hydroxylation sites is 2. The number of rotatable bonds is 5. The van der Waals surface area contributed by atoms with E-state index in [1.807, 2.05) is 24.3 Å². The number of ether oxygens (including phenoxy) is 1. The third-order valence-corrected chi connectivity index (χ3v) is 3.59. The number of hydrogen-bond donors (Lipinski definition) is 2. The molecule has 2 atom stereocenters. The first-order valence-electron chi connectivity index (χ1n) is 7.46. The van der Waals surface area contributed by atoms with Crippen LogP contribution in [0.1, 0.15) is 33.1 Å². The molecule has 1 aromatic carbocycles. The zero-order chi connectivity index (χ0) is 14.4. The van der Waals surface area contributed by atoms with Crippen LogP contribution in [-0.2, 0) is 4.79 Å². The monoisotopic (exact) mass is 276 g/mol. The van der Waals surface area contributed by atoms with E-state index in [9.17, 15) is 4.79 Å². The molecular weight excluding hydrogens is 252 g/mol. The molecule has 0 aromatic heterocycles. The Balaban J connectivity index is 1.99. The number of benzene rings is 1. The highest BCUT2D eigenvalue weighted by Gasteiger charge is 2.24. The van der Waals surface area contributed by atoms with Crippen molar-refractivity contribution in [3.8, 4) is 5.75 Å². The summed E-state index contributed by atoms with van der Waals surface area (Å²) in [7, 11) is 0. The summed E-state index contributed by atoms with van der Waals surface area (Å²) in [5, 5.41) is 6.26. The maximum atomic E-state index is 12.3. The first kappa shape index (κ1) is 14.9. The number of piperidine rings is 1. The fraction of sp³-hybridized carbons (Fsp3) is 0.562. The van der Waals surface area contributed by atoms with Crippen LogP contribution >= 0.6 is 0 Å². The van der Waals surface area contributed by atoms with Crippen LogP contribution in [0.15, 0.2) is 24.3 Å². The van der Waals surface area contributed by atoms with Crippen molar-refractivity contribution in [2.75, 3.05) is 18.5 Å². The highest BCUT2D eigenvalue weighted by molar-refractivity contribution is 5.96. The number of carbonyl (C=O) groups excluding carboxylic acids is 1. The lowest BCUT2D eigenvalue weighted by molar-refractivity contribution is -0.119. The first-order valence-corrected chi connectivity index (χ1v) is 7.46. The van der Waals surface area contributed by atoms with E-state index in [1.54, 1.807) is 0 Å². The number of carbonyl (C=O) groups is 1. The largest absolute Gasteiger partial charge is 0.491 e. The van der Waals surface area contributed by atoms with Crippen molar-refractivity contribution in [3.05, 3.63) is 24.3 Å². The van der Waals surface area contributed by atoms with Crippen molar-refractivity contribution in [3.63, 3.8) is 0 Å². The van der Waals surface area contributed by atoms with E-state index in [1.165, 1.54) is 0 Å². The summed E-state index contributed by atoms with van der Waals surface area (Å²) < 4.78 is 5.66. The van der Waals surface area contributed by atoms with E-state index >= 15 is 0 Å². The van der Waals surface area contributed by atoms with E-state index in [2.05, 4.69) is 24.5 Å². The molecule has 1 aliphatic heterocycles. The molecule has 1 amide bonds. The highest BCUT2D eigenvalue weighted by atomic mass is 16.5. The molecule has 2 rings (SSSR count). The molecule has 4 heteroatoms. The van der Waals surface area contributed by atoms with Gasteiger partial charge in [0, 0.05) is 0 Å². The molecule has 2 unspecified atom stereocenters. The summed E-state index contributed by atoms with van der Waals surface area (Å²) in [5.41, 5.74) is 0.756. The van der Waals surface area contributed by atoms with Crippen LogP contribution in [0.5, 0.6) is 5.75 Å². The van der Waals surface area contributed by atoms with Gasteiger partial charge in [0.25, 0.3) is 0 Å². The molecular formula is C16H24N2O2. The topological polar surface area (TPSA) is 50.4 Å². The molecule has 0 aliphatic carbocycles. The number of amides is 1. The second kappa shape index (κ2) is 7.29. The summed E-state index contributed by atoms with van der Waals surface area (Å²) in [6.45, 7) is 5.83. The van der Waals surface area contributed by atoms with Gasteiger partial charge in [-0.25, -0.2) is 0 Å². The Morgan fingerprint density at radius 1 is 1.45 bits per heavy atom. The average molecular weight is 276 g/mol. The quantitative estimate of drug-likeness (QED) is 0.869. The van der Waals surface area contributed by atoms with E-state index in [0.717, 1.165) is 37.2 Å². The van der Waals surface area contributed by atoms with Crippen molar-refractivity contribution < 1.29 is 9.53 Å². The molecule has 1 saturated heterocycles. The zero-order valence-corrected chi connectivity index (χ0v) is 12.3. The molecule has 1 heterocycles. The number of anilines is 1. The Labute approximate surface area is 120 Å². The maximum absolute atomic E-state index is 12.3. The molecule has 0 radical (unpaired) electrons. The molecule has 2 N–H and O–H groups in total. The lowest BCUT2D eigenvalue weighted by Gasteiger charge is -2.27. The van der Waals surface area contributed by atoms with Crippen molar-refractivity contribution in [2.45, 2.75) is 39.2 Å². The molecule has 1 aliphatic rings. The van der Waals surface area contributed by atoms with E-state index in [0.29, 0.717) is 12.5 Å². The Hall–Kier alpha value is -1.55. The number of hydrogen-bond acceptors (Lipinski definition) is 3. The van der Waals surface area contributed by atoms with Gasteiger partial charge in [0.05, 0.1) is 18.3 Å². The van der Waals surface area contributed by atoms with Gasteiger partial charge in [-0.2, -0.15) is 0 Å². The third kappa shape index (κ3) is 3.97. The minimum Gasteiger partial charge on any atom is -0.491 e. The summed E-state index contributed by atoms with van der Waals surface area (Å²) in [6.07, 6.45) is 2.98. The van der Waals surface area contributed by atoms with E-state index < -0.39 is 0 Å². The number of nitrogens with one attached hydrogen (secondary N) is 2. The van der Waals surface area contributed by atoms with Crippen LogP contribution in [0.4, 0.5) is 5.69 Å². The van der Waals surface area contributed by atoms with Crippen molar-refractivity contribution in [2.24, 2.45) is 5.92 Å². The summed E-state index contributed by atoms with van der Waals surface area (Å²) in [4.78, 5) is 12.3. The van der Waals surface area contributed by atoms with Gasteiger partial charge >= 0.3 is 0 Å². The van der Waals surface area contributed by atoms with E-state index in [4.69, 9.17) is 4.74 Å². The van der Waals surface area contributed by atoms with Gasteiger partial charge in [0.15, 0.2) is 0 Å². The molecule has 0 saturated carbocycles. The minimum atomic E-state index is -0.0991. The Bertz CT molecular complexity index is 448.